The summed E-state index contributed by atoms with van der Waals surface area (Å²) in [5.41, 5.74) is 29.0. The highest BCUT2D eigenvalue weighted by atomic mass is 16.4. The molecule has 0 aliphatic rings. The van der Waals surface area contributed by atoms with E-state index in [4.69, 9.17) is 37.6 Å². The second kappa shape index (κ2) is 23.0. The van der Waals surface area contributed by atoms with Crippen LogP contribution in [0.2, 0.25) is 0 Å². The minimum absolute atomic E-state index is 0.0129. The van der Waals surface area contributed by atoms with Crippen LogP contribution in [0.4, 0.5) is 0 Å². The van der Waals surface area contributed by atoms with Crippen LogP contribution in [-0.2, 0) is 19.2 Å². The molecule has 0 saturated carbocycles. The van der Waals surface area contributed by atoms with E-state index in [0.717, 1.165) is 0 Å². The van der Waals surface area contributed by atoms with Gasteiger partial charge in [-0.1, -0.05) is 0 Å². The molecule has 0 saturated heterocycles. The first-order valence-corrected chi connectivity index (χ1v) is 7.14. The lowest BCUT2D eigenvalue weighted by atomic mass is 10.2. The maximum atomic E-state index is 10.2. The van der Waals surface area contributed by atoms with Gasteiger partial charge < -0.3 is 54.8 Å². The van der Waals surface area contributed by atoms with Crippen molar-refractivity contribution < 1.29 is 39.6 Å². The Kier molecular flexibility index (Phi) is 27.0. The Morgan fingerprint density at radius 1 is 0.778 bits per heavy atom. The van der Waals surface area contributed by atoms with E-state index in [-0.39, 0.29) is 25.6 Å². The van der Waals surface area contributed by atoms with Crippen LogP contribution in [-0.4, -0.2) is 82.5 Å². The molecule has 16 N–H and O–H groups in total. The van der Waals surface area contributed by atoms with Gasteiger partial charge in [-0.05, 0) is 12.8 Å². The highest BCUT2D eigenvalue weighted by molar-refractivity contribution is 5.75. The Morgan fingerprint density at radius 3 is 1.26 bits per heavy atom. The molecule has 15 heteroatoms. The van der Waals surface area contributed by atoms with Crippen molar-refractivity contribution in [3.05, 3.63) is 0 Å². The smallest absolute Gasteiger partial charge is 0.320 e. The van der Waals surface area contributed by atoms with Crippen LogP contribution in [0.15, 0.2) is 4.99 Å². The van der Waals surface area contributed by atoms with Gasteiger partial charge in [0.1, 0.15) is 6.04 Å². The second-order valence-electron chi connectivity index (χ2n) is 4.19. The lowest BCUT2D eigenvalue weighted by Crippen LogP contribution is -2.30. The lowest BCUT2D eigenvalue weighted by molar-refractivity contribution is -0.139. The molecule has 27 heavy (non-hydrogen) atoms. The summed E-state index contributed by atoms with van der Waals surface area (Å²) in [4.78, 5) is 41.6. The topological polar surface area (TPSA) is 318 Å². The summed E-state index contributed by atoms with van der Waals surface area (Å²) in [6.45, 7) is -0.413. The van der Waals surface area contributed by atoms with E-state index in [1.54, 1.807) is 0 Å². The van der Waals surface area contributed by atoms with Crippen molar-refractivity contribution in [2.45, 2.75) is 18.9 Å². The highest BCUT2D eigenvalue weighted by Gasteiger charge is 2.09. The molecule has 0 unspecified atom stereocenters. The molecule has 15 nitrogen and oxygen atoms in total. The zero-order valence-electron chi connectivity index (χ0n) is 14.7. The standard InChI is InChI=1S/C6H14N4O2.3C2H5NO2/c7-4(5(11)12)2-1-3-10-6(8)9;3*3-1-2(4)5/h4H,1-3,7H2,(H,11,12)(H4,8,9,10);3*1,3H2,(H,4,5)/t4-;;;/m0.../s1. The van der Waals surface area contributed by atoms with Crippen LogP contribution in [0.25, 0.3) is 0 Å². The van der Waals surface area contributed by atoms with Crippen LogP contribution in [0, 0.1) is 0 Å². The summed E-state index contributed by atoms with van der Waals surface area (Å²) >= 11 is 0. The number of nitrogens with two attached hydrogens (primary N) is 6. The van der Waals surface area contributed by atoms with Crippen LogP contribution >= 0.6 is 0 Å². The Hall–Kier alpha value is -3.01. The predicted octanol–water partition coefficient (Wildman–Crippen LogP) is -4.46. The molecule has 1 atom stereocenters. The number of rotatable bonds is 8. The summed E-state index contributed by atoms with van der Waals surface area (Å²) in [5.74, 6) is -3.89. The van der Waals surface area contributed by atoms with Gasteiger partial charge in [0.05, 0.1) is 19.6 Å². The zero-order chi connectivity index (χ0) is 22.4. The van der Waals surface area contributed by atoms with Gasteiger partial charge in [-0.25, -0.2) is 0 Å². The number of guanidine groups is 1. The van der Waals surface area contributed by atoms with Crippen molar-refractivity contribution in [2.24, 2.45) is 39.4 Å². The summed E-state index contributed by atoms with van der Waals surface area (Å²) in [7, 11) is 0. The summed E-state index contributed by atoms with van der Waals surface area (Å²) in [5, 5.41) is 31.2. The molecule has 0 bridgehead atoms. The van der Waals surface area contributed by atoms with Crippen molar-refractivity contribution in [1.82, 2.24) is 0 Å². The Labute approximate surface area is 155 Å². The van der Waals surface area contributed by atoms with Gasteiger partial charge in [0.15, 0.2) is 5.96 Å². The average Bonchev–Trinajstić information content (AvgIpc) is 2.59. The van der Waals surface area contributed by atoms with Gasteiger partial charge >= 0.3 is 23.9 Å². The fourth-order valence-corrected chi connectivity index (χ4v) is 0.643. The SMILES string of the molecule is NC(N)=NCCC[C@H](N)C(=O)O.NCC(=O)O.NCC(=O)O.NCC(=O)O. The van der Waals surface area contributed by atoms with E-state index in [0.29, 0.717) is 19.4 Å². The van der Waals surface area contributed by atoms with E-state index < -0.39 is 29.9 Å². The molecule has 0 spiro atoms. The minimum atomic E-state index is -1.00. The number of carboxylic acid groups (broad SMARTS) is 4. The van der Waals surface area contributed by atoms with E-state index in [9.17, 15) is 19.2 Å². The van der Waals surface area contributed by atoms with E-state index in [1.165, 1.54) is 0 Å². The van der Waals surface area contributed by atoms with Crippen LogP contribution in [0.5, 0.6) is 0 Å². The average molecular weight is 399 g/mol. The third-order valence-electron chi connectivity index (χ3n) is 1.81. The van der Waals surface area contributed by atoms with Gasteiger partial charge in [0, 0.05) is 6.54 Å². The molecule has 0 fully saturated rings. The fraction of sp³-hybridized carbons (Fsp3) is 0.583. The number of carbonyl (C=O) groups is 4. The van der Waals surface area contributed by atoms with Crippen molar-refractivity contribution in [3.8, 4) is 0 Å². The molecular weight excluding hydrogens is 370 g/mol. The van der Waals surface area contributed by atoms with E-state index in [2.05, 4.69) is 22.2 Å². The summed E-state index contributed by atoms with van der Waals surface area (Å²) < 4.78 is 0. The number of hydrogen-bond donors (Lipinski definition) is 10. The largest absolute Gasteiger partial charge is 0.480 e. The Morgan fingerprint density at radius 2 is 1.07 bits per heavy atom. The number of nitrogens with zero attached hydrogens (tertiary/aromatic N) is 1. The monoisotopic (exact) mass is 399 g/mol. The molecule has 0 heterocycles. The first-order chi connectivity index (χ1) is 12.3. The quantitative estimate of drug-likeness (QED) is 0.104. The molecule has 0 aromatic rings. The third kappa shape index (κ3) is 51.8. The van der Waals surface area contributed by atoms with Gasteiger partial charge in [0.2, 0.25) is 0 Å². The zero-order valence-corrected chi connectivity index (χ0v) is 14.7. The van der Waals surface area contributed by atoms with Crippen LogP contribution < -0.4 is 34.4 Å². The molecular formula is C12H29N7O8. The predicted molar refractivity (Wildman–Crippen MR) is 95.6 cm³/mol. The normalized spacial score (nSPS) is 9.48. The fourth-order valence-electron chi connectivity index (χ4n) is 0.643. The molecule has 0 aromatic carbocycles. The Bertz CT molecular complexity index is 422. The first-order valence-electron chi connectivity index (χ1n) is 7.14. The maximum absolute atomic E-state index is 10.2. The Balaban J connectivity index is -0.000000147. The van der Waals surface area contributed by atoms with Crippen LogP contribution in [0.1, 0.15) is 12.8 Å². The highest BCUT2D eigenvalue weighted by Crippen LogP contribution is 1.94. The van der Waals surface area contributed by atoms with E-state index in [1.807, 2.05) is 0 Å². The number of aliphatic imine (C=N–C) groups is 1. The second-order valence-corrected chi connectivity index (χ2v) is 4.19. The molecule has 0 amide bonds. The van der Waals surface area contributed by atoms with Crippen LogP contribution in [0.3, 0.4) is 0 Å². The molecule has 0 radical (unpaired) electrons. The van der Waals surface area contributed by atoms with Crippen molar-refractivity contribution in [3.63, 3.8) is 0 Å². The van der Waals surface area contributed by atoms with Gasteiger partial charge in [0.25, 0.3) is 0 Å². The maximum Gasteiger partial charge on any atom is 0.320 e. The summed E-state index contributed by atoms with van der Waals surface area (Å²) in [6.07, 6.45) is 0.956. The number of aliphatic carboxylic acids is 4. The van der Waals surface area contributed by atoms with Crippen molar-refractivity contribution in [1.29, 1.82) is 0 Å². The third-order valence-corrected chi connectivity index (χ3v) is 1.81. The summed E-state index contributed by atoms with van der Waals surface area (Å²) in [6, 6.07) is -0.820. The van der Waals surface area contributed by atoms with E-state index >= 15 is 0 Å². The molecule has 160 valence electrons. The minimum Gasteiger partial charge on any atom is -0.480 e. The molecule has 0 aromatic heterocycles. The lowest BCUT2D eigenvalue weighted by Gasteiger charge is -2.03. The number of hydrogen-bond acceptors (Lipinski definition) is 9. The van der Waals surface area contributed by atoms with Gasteiger partial charge in [-0.15, -0.1) is 0 Å². The molecule has 0 aliphatic heterocycles. The number of carboxylic acids is 4. The van der Waals surface area contributed by atoms with Crippen molar-refractivity contribution in [2.75, 3.05) is 26.2 Å². The van der Waals surface area contributed by atoms with Gasteiger partial charge in [-0.2, -0.15) is 0 Å². The first kappa shape index (κ1) is 31.7. The molecule has 0 aliphatic carbocycles. The van der Waals surface area contributed by atoms with Crippen molar-refractivity contribution >= 4 is 29.8 Å². The van der Waals surface area contributed by atoms with Gasteiger partial charge in [-0.3, -0.25) is 24.2 Å². The molecule has 0 rings (SSSR count).